The van der Waals surface area contributed by atoms with Gasteiger partial charge in [0.1, 0.15) is 6.17 Å². The van der Waals surface area contributed by atoms with E-state index >= 15 is 0 Å². The minimum Gasteiger partial charge on any atom is -0.387 e. The van der Waals surface area contributed by atoms with Crippen LogP contribution in [0, 0.1) is 0 Å². The molecule has 0 aliphatic heterocycles. The minimum absolute atomic E-state index is 0.0801. The summed E-state index contributed by atoms with van der Waals surface area (Å²) >= 11 is 0. The average Bonchev–Trinajstić information content (AvgIpc) is 1.81. The Bertz CT molecular complexity index is 145. The summed E-state index contributed by atoms with van der Waals surface area (Å²) in [4.78, 5) is 26.8. The van der Waals surface area contributed by atoms with Crippen LogP contribution in [0.1, 0.15) is 26.2 Å². The molecule has 0 unspecified atom stereocenters. The first-order valence-corrected chi connectivity index (χ1v) is 6.81. The summed E-state index contributed by atoms with van der Waals surface area (Å²) in [5.41, 5.74) is 0. The van der Waals surface area contributed by atoms with Crippen molar-refractivity contribution in [3.8, 4) is 0 Å². The Balaban J connectivity index is 3.80. The number of quaternary nitrogens is 1. The summed E-state index contributed by atoms with van der Waals surface area (Å²) in [6.07, 6.45) is 3.45. The maximum absolute atomic E-state index is 8.94. The maximum atomic E-state index is 8.94. The monoisotopic (exact) mass is 208 g/mol. The lowest BCUT2D eigenvalue weighted by Gasteiger charge is -2.31. The molecule has 5 heteroatoms. The van der Waals surface area contributed by atoms with Crippen molar-refractivity contribution in [1.29, 1.82) is 0 Å². The molecule has 0 aliphatic rings. The van der Waals surface area contributed by atoms with Gasteiger partial charge in [-0.15, -0.1) is 0 Å². The third-order valence-electron chi connectivity index (χ3n) is 2.01. The van der Waals surface area contributed by atoms with Crippen LogP contribution in [-0.2, 0) is 0 Å². The second-order valence-electron chi connectivity index (χ2n) is 4.30. The fourth-order valence-corrected chi connectivity index (χ4v) is 2.75. The number of hydrogen-bond donors (Lipinski definition) is 3. The Morgan fingerprint density at radius 1 is 1.08 bits per heavy atom. The van der Waals surface area contributed by atoms with E-state index in [2.05, 4.69) is 6.92 Å². The molecule has 13 heavy (non-hydrogen) atoms. The predicted octanol–water partition coefficient (Wildman–Crippen LogP) is -0.292. The molecule has 4 nitrogen and oxygen atoms in total. The highest BCUT2D eigenvalue weighted by Gasteiger charge is 2.36. The van der Waals surface area contributed by atoms with Crippen LogP contribution in [-0.4, -0.2) is 54.5 Å². The van der Waals surface area contributed by atoms with Crippen LogP contribution in [0.2, 0.25) is 0 Å². The molecular weight excluding hydrogens is 186 g/mol. The van der Waals surface area contributed by atoms with Crippen molar-refractivity contribution in [2.24, 2.45) is 0 Å². The van der Waals surface area contributed by atoms with Crippen LogP contribution >= 0.6 is 0 Å². The molecule has 0 radical (unpaired) electrons. The van der Waals surface area contributed by atoms with E-state index in [0.29, 0.717) is 4.48 Å². The van der Waals surface area contributed by atoms with Crippen molar-refractivity contribution in [3.63, 3.8) is 0 Å². The average molecular weight is 208 g/mol. The van der Waals surface area contributed by atoms with E-state index in [9.17, 15) is 0 Å². The van der Waals surface area contributed by atoms with E-state index in [4.69, 9.17) is 14.4 Å². The van der Waals surface area contributed by atoms with E-state index in [-0.39, 0.29) is 6.17 Å². The van der Waals surface area contributed by atoms with Gasteiger partial charge < -0.3 is 18.9 Å². The molecule has 0 atom stereocenters. The third kappa shape index (κ3) is 8.39. The third-order valence-corrected chi connectivity index (χ3v) is 3.29. The summed E-state index contributed by atoms with van der Waals surface area (Å²) in [7, 11) is -0.0749. The lowest BCUT2D eigenvalue weighted by atomic mass is 10.2. The van der Waals surface area contributed by atoms with Gasteiger partial charge in [-0.25, -0.2) is 0 Å². The van der Waals surface area contributed by atoms with Crippen molar-refractivity contribution >= 4 is 8.80 Å². The summed E-state index contributed by atoms with van der Waals surface area (Å²) in [6.45, 7) is 3.01. The molecule has 80 valence electrons. The van der Waals surface area contributed by atoms with Crippen molar-refractivity contribution < 1.29 is 18.9 Å². The summed E-state index contributed by atoms with van der Waals surface area (Å²) in [6, 6.07) is 0. The van der Waals surface area contributed by atoms with Crippen molar-refractivity contribution in [1.82, 2.24) is 0 Å². The molecule has 0 amide bonds. The molecule has 0 rings (SSSR count). The first kappa shape index (κ1) is 13.1. The van der Waals surface area contributed by atoms with Crippen molar-refractivity contribution in [2.75, 3.05) is 26.8 Å². The van der Waals surface area contributed by atoms with Gasteiger partial charge in [0.2, 0.25) is 0 Å². The van der Waals surface area contributed by atoms with Crippen molar-refractivity contribution in [3.05, 3.63) is 0 Å². The van der Waals surface area contributed by atoms with E-state index < -0.39 is 8.80 Å². The van der Waals surface area contributed by atoms with Gasteiger partial charge in [0.15, 0.2) is 0 Å². The topological polar surface area (TPSA) is 60.7 Å². The lowest BCUT2D eigenvalue weighted by Crippen LogP contribution is -2.56. The van der Waals surface area contributed by atoms with Crippen LogP contribution in [0.15, 0.2) is 0 Å². The van der Waals surface area contributed by atoms with Gasteiger partial charge in [-0.1, -0.05) is 13.3 Å². The van der Waals surface area contributed by atoms with Crippen LogP contribution < -0.4 is 0 Å². The van der Waals surface area contributed by atoms with Gasteiger partial charge in [-0.3, -0.25) is 0 Å². The highest BCUT2D eigenvalue weighted by atomic mass is 28.4. The Morgan fingerprint density at radius 2 is 1.62 bits per heavy atom. The zero-order valence-electron chi connectivity index (χ0n) is 8.82. The normalized spacial score (nSPS) is 13.4. The first-order chi connectivity index (χ1) is 5.77. The fraction of sp³-hybridized carbons (Fsp3) is 1.00. The second-order valence-corrected chi connectivity index (χ2v) is 6.16. The van der Waals surface area contributed by atoms with E-state index in [1.54, 1.807) is 0 Å². The van der Waals surface area contributed by atoms with Crippen LogP contribution in [0.25, 0.3) is 0 Å². The molecule has 0 bridgehead atoms. The smallest absolute Gasteiger partial charge is 0.387 e. The lowest BCUT2D eigenvalue weighted by molar-refractivity contribution is -0.882. The zero-order chi connectivity index (χ0) is 10.5. The van der Waals surface area contributed by atoms with Crippen LogP contribution in [0.5, 0.6) is 0 Å². The van der Waals surface area contributed by atoms with Crippen LogP contribution in [0.3, 0.4) is 0 Å². The maximum Gasteiger partial charge on any atom is 0.550 e. The van der Waals surface area contributed by atoms with Gasteiger partial charge in [0.05, 0.1) is 20.6 Å². The van der Waals surface area contributed by atoms with Crippen molar-refractivity contribution in [2.45, 2.75) is 26.2 Å². The van der Waals surface area contributed by atoms with E-state index in [1.807, 2.05) is 14.1 Å². The number of rotatable bonds is 6. The molecule has 0 saturated heterocycles. The number of unbranched alkanes of at least 4 members (excludes halogenated alkanes) is 2. The Morgan fingerprint density at radius 3 is 2.00 bits per heavy atom. The largest absolute Gasteiger partial charge is 0.550 e. The summed E-state index contributed by atoms with van der Waals surface area (Å²) in [5, 5.41) is 0. The molecule has 0 aromatic heterocycles. The molecule has 0 aromatic rings. The highest BCUT2D eigenvalue weighted by molar-refractivity contribution is 6.55. The SMILES string of the molecule is CCCCC[N+](C)(C)C[Si](O)(O)O. The molecule has 0 aromatic carbocycles. The quantitative estimate of drug-likeness (QED) is 0.319. The Hall–Kier alpha value is 0.0569. The molecule has 3 N–H and O–H groups in total. The molecular formula is C8H22NO3Si+. The Labute approximate surface area is 81.4 Å². The molecule has 0 fully saturated rings. The van der Waals surface area contributed by atoms with Gasteiger partial charge in [0, 0.05) is 0 Å². The standard InChI is InChI=1S/C8H22NO3Si/c1-4-5-6-7-9(2,3)8-13(10,11)12/h10-12H,4-8H2,1-3H3/q+1. The highest BCUT2D eigenvalue weighted by Crippen LogP contribution is 2.05. The zero-order valence-corrected chi connectivity index (χ0v) is 9.82. The number of hydrogen-bond acceptors (Lipinski definition) is 3. The van der Waals surface area contributed by atoms with Crippen LogP contribution in [0.4, 0.5) is 0 Å². The van der Waals surface area contributed by atoms with Gasteiger partial charge in [0.25, 0.3) is 0 Å². The van der Waals surface area contributed by atoms with Gasteiger partial charge in [-0.2, -0.15) is 0 Å². The molecule has 0 aliphatic carbocycles. The predicted molar refractivity (Wildman–Crippen MR) is 53.8 cm³/mol. The van der Waals surface area contributed by atoms with E-state index in [0.717, 1.165) is 25.8 Å². The molecule has 0 saturated carbocycles. The Kier molecular flexibility index (Phi) is 5.09. The number of nitrogens with zero attached hydrogens (tertiary/aromatic N) is 1. The molecule has 0 heterocycles. The second kappa shape index (κ2) is 5.07. The summed E-state index contributed by atoms with van der Waals surface area (Å²) in [5.74, 6) is 0. The first-order valence-electron chi connectivity index (χ1n) is 4.76. The summed E-state index contributed by atoms with van der Waals surface area (Å²) < 4.78 is 0.482. The molecule has 0 spiro atoms. The van der Waals surface area contributed by atoms with Gasteiger partial charge >= 0.3 is 8.80 Å². The van der Waals surface area contributed by atoms with Gasteiger partial charge in [-0.05, 0) is 12.8 Å². The minimum atomic E-state index is -3.88. The fourth-order valence-electron chi connectivity index (χ4n) is 1.44. The van der Waals surface area contributed by atoms with E-state index in [1.165, 1.54) is 0 Å².